The molecule has 0 aliphatic carbocycles. The lowest BCUT2D eigenvalue weighted by atomic mass is 9.94. The Balaban J connectivity index is 1.24. The predicted molar refractivity (Wildman–Crippen MR) is 108 cm³/mol. The van der Waals surface area contributed by atoms with Gasteiger partial charge in [-0.1, -0.05) is 24.3 Å². The molecule has 1 aromatic heterocycles. The number of aliphatic hydroxyl groups excluding tert-OH is 1. The van der Waals surface area contributed by atoms with E-state index in [9.17, 15) is 9.90 Å². The molecule has 7 nitrogen and oxygen atoms in total. The second-order valence-electron chi connectivity index (χ2n) is 7.96. The van der Waals surface area contributed by atoms with Gasteiger partial charge in [-0.25, -0.2) is 9.97 Å². The van der Waals surface area contributed by atoms with Crippen LogP contribution in [0.3, 0.4) is 0 Å². The maximum absolute atomic E-state index is 12.5. The highest BCUT2D eigenvalue weighted by molar-refractivity contribution is 5.92. The van der Waals surface area contributed by atoms with Crippen molar-refractivity contribution in [3.8, 4) is 0 Å². The Morgan fingerprint density at radius 3 is 2.66 bits per heavy atom. The van der Waals surface area contributed by atoms with Crippen molar-refractivity contribution >= 4 is 5.91 Å². The number of carbonyl (C=O) groups excluding carboxylic acids is 1. The molecule has 2 N–H and O–H groups in total. The summed E-state index contributed by atoms with van der Waals surface area (Å²) in [6.07, 6.45) is 3.71. The zero-order valence-corrected chi connectivity index (χ0v) is 16.6. The summed E-state index contributed by atoms with van der Waals surface area (Å²) in [5.74, 6) is 0.269. The topological polar surface area (TPSA) is 87.6 Å². The Hall–Kier alpha value is -2.35. The fraction of sp³-hybridized carbons (Fsp3) is 0.500. The Labute approximate surface area is 171 Å². The van der Waals surface area contributed by atoms with Gasteiger partial charge in [0.25, 0.3) is 5.91 Å². The van der Waals surface area contributed by atoms with Crippen LogP contribution < -0.4 is 5.32 Å². The molecule has 154 valence electrons. The zero-order valence-electron chi connectivity index (χ0n) is 16.6. The summed E-state index contributed by atoms with van der Waals surface area (Å²) >= 11 is 0. The molecule has 0 radical (unpaired) electrons. The van der Waals surface area contributed by atoms with E-state index in [1.54, 1.807) is 6.07 Å². The van der Waals surface area contributed by atoms with E-state index in [1.807, 2.05) is 12.1 Å². The lowest BCUT2D eigenvalue weighted by Crippen LogP contribution is -2.38. The molecular weight excluding hydrogens is 368 g/mol. The van der Waals surface area contributed by atoms with E-state index in [0.29, 0.717) is 18.2 Å². The summed E-state index contributed by atoms with van der Waals surface area (Å²) in [7, 11) is 0. The Bertz CT molecular complexity index is 813. The Morgan fingerprint density at radius 1 is 1.21 bits per heavy atom. The van der Waals surface area contributed by atoms with Crippen LogP contribution in [-0.2, 0) is 24.2 Å². The van der Waals surface area contributed by atoms with Gasteiger partial charge < -0.3 is 15.2 Å². The summed E-state index contributed by atoms with van der Waals surface area (Å²) in [6.45, 7) is 3.98. The third-order valence-electron chi connectivity index (χ3n) is 5.67. The van der Waals surface area contributed by atoms with Gasteiger partial charge in [-0.3, -0.25) is 9.69 Å². The van der Waals surface area contributed by atoms with E-state index in [-0.39, 0.29) is 12.5 Å². The highest BCUT2D eigenvalue weighted by Crippen LogP contribution is 2.22. The SMILES string of the molecule is O=C(NC[C@H](O)CN1Cc2ccccc2C1)c1cc(CC2CCOCC2)ncn1. The molecule has 1 atom stereocenters. The molecule has 1 aromatic carbocycles. The highest BCUT2D eigenvalue weighted by atomic mass is 16.5. The molecule has 1 amide bonds. The zero-order chi connectivity index (χ0) is 20.1. The van der Waals surface area contributed by atoms with Gasteiger partial charge in [0.05, 0.1) is 6.10 Å². The van der Waals surface area contributed by atoms with Crippen molar-refractivity contribution in [1.82, 2.24) is 20.2 Å². The minimum absolute atomic E-state index is 0.199. The van der Waals surface area contributed by atoms with Crippen LogP contribution in [0.5, 0.6) is 0 Å². The molecule has 0 spiro atoms. The average molecular weight is 396 g/mol. The summed E-state index contributed by atoms with van der Waals surface area (Å²) in [6, 6.07) is 10.1. The van der Waals surface area contributed by atoms with Crippen molar-refractivity contribution in [2.75, 3.05) is 26.3 Å². The summed E-state index contributed by atoms with van der Waals surface area (Å²) in [5, 5.41) is 13.2. The summed E-state index contributed by atoms with van der Waals surface area (Å²) < 4.78 is 5.40. The number of aromatic nitrogens is 2. The highest BCUT2D eigenvalue weighted by Gasteiger charge is 2.21. The number of fused-ring (bicyclic) bond motifs is 1. The number of ether oxygens (including phenoxy) is 1. The Kier molecular flexibility index (Phi) is 6.49. The normalized spacial score (nSPS) is 18.4. The first-order valence-corrected chi connectivity index (χ1v) is 10.3. The van der Waals surface area contributed by atoms with E-state index in [2.05, 4.69) is 32.3 Å². The molecule has 1 saturated heterocycles. The maximum atomic E-state index is 12.5. The predicted octanol–water partition coefficient (Wildman–Crippen LogP) is 1.55. The summed E-state index contributed by atoms with van der Waals surface area (Å²) in [5.41, 5.74) is 3.85. The first-order chi connectivity index (χ1) is 14.2. The van der Waals surface area contributed by atoms with E-state index < -0.39 is 6.10 Å². The van der Waals surface area contributed by atoms with Gasteiger partial charge in [0.2, 0.25) is 0 Å². The van der Waals surface area contributed by atoms with Gasteiger partial charge >= 0.3 is 0 Å². The monoisotopic (exact) mass is 396 g/mol. The molecule has 2 aliphatic heterocycles. The van der Waals surface area contributed by atoms with Crippen LogP contribution in [0.2, 0.25) is 0 Å². The van der Waals surface area contributed by atoms with Gasteiger partial charge in [0, 0.05) is 45.1 Å². The van der Waals surface area contributed by atoms with Crippen LogP contribution in [-0.4, -0.2) is 58.3 Å². The maximum Gasteiger partial charge on any atom is 0.270 e. The second kappa shape index (κ2) is 9.43. The van der Waals surface area contributed by atoms with Crippen molar-refractivity contribution in [3.05, 3.63) is 59.2 Å². The second-order valence-corrected chi connectivity index (χ2v) is 7.96. The number of hydrogen-bond donors (Lipinski definition) is 2. The molecular formula is C22H28N4O3. The van der Waals surface area contributed by atoms with Crippen molar-refractivity contribution in [3.63, 3.8) is 0 Å². The first-order valence-electron chi connectivity index (χ1n) is 10.3. The van der Waals surface area contributed by atoms with Gasteiger partial charge in [-0.15, -0.1) is 0 Å². The van der Waals surface area contributed by atoms with Crippen molar-refractivity contribution in [2.45, 2.75) is 38.5 Å². The number of rotatable bonds is 7. The lowest BCUT2D eigenvalue weighted by molar-refractivity contribution is 0.0662. The molecule has 0 saturated carbocycles. The molecule has 0 bridgehead atoms. The fourth-order valence-electron chi connectivity index (χ4n) is 4.08. The molecule has 3 heterocycles. The van der Waals surface area contributed by atoms with Crippen LogP contribution in [0, 0.1) is 5.92 Å². The minimum atomic E-state index is -0.628. The van der Waals surface area contributed by atoms with Gasteiger partial charge in [0.1, 0.15) is 12.0 Å². The molecule has 0 unspecified atom stereocenters. The van der Waals surface area contributed by atoms with Gasteiger partial charge in [-0.2, -0.15) is 0 Å². The molecule has 2 aliphatic rings. The number of hydrogen-bond acceptors (Lipinski definition) is 6. The van der Waals surface area contributed by atoms with Crippen LogP contribution in [0.25, 0.3) is 0 Å². The van der Waals surface area contributed by atoms with E-state index >= 15 is 0 Å². The standard InChI is InChI=1S/C22H28N4O3/c27-20(14-26-12-17-3-1-2-4-18(17)13-26)11-23-22(28)21-10-19(24-15-25-21)9-16-5-7-29-8-6-16/h1-4,10,15-16,20,27H,5-9,11-14H2,(H,23,28)/t20-/m0/s1. The fourth-order valence-corrected chi connectivity index (χ4v) is 4.08. The van der Waals surface area contributed by atoms with Gasteiger partial charge in [-0.05, 0) is 42.4 Å². The average Bonchev–Trinajstić information content (AvgIpc) is 3.15. The minimum Gasteiger partial charge on any atom is -0.390 e. The van der Waals surface area contributed by atoms with Crippen LogP contribution in [0.1, 0.15) is 40.2 Å². The van der Waals surface area contributed by atoms with E-state index in [4.69, 9.17) is 4.74 Å². The number of nitrogens with zero attached hydrogens (tertiary/aromatic N) is 3. The van der Waals surface area contributed by atoms with Crippen molar-refractivity contribution in [1.29, 1.82) is 0 Å². The summed E-state index contributed by atoms with van der Waals surface area (Å²) in [4.78, 5) is 23.1. The lowest BCUT2D eigenvalue weighted by Gasteiger charge is -2.21. The van der Waals surface area contributed by atoms with E-state index in [1.165, 1.54) is 17.5 Å². The molecule has 7 heteroatoms. The smallest absolute Gasteiger partial charge is 0.270 e. The Morgan fingerprint density at radius 2 is 1.93 bits per heavy atom. The first kappa shape index (κ1) is 19.9. The number of β-amino-alcohol motifs (C(OH)–C–C–N with tert-alkyl or cyclic N) is 1. The van der Waals surface area contributed by atoms with Crippen LogP contribution in [0.4, 0.5) is 0 Å². The third kappa shape index (κ3) is 5.38. The molecule has 29 heavy (non-hydrogen) atoms. The van der Waals surface area contributed by atoms with Crippen molar-refractivity contribution < 1.29 is 14.6 Å². The molecule has 2 aromatic rings. The van der Waals surface area contributed by atoms with E-state index in [0.717, 1.165) is 51.3 Å². The number of carbonyl (C=O) groups is 1. The largest absolute Gasteiger partial charge is 0.390 e. The number of amides is 1. The van der Waals surface area contributed by atoms with Crippen LogP contribution >= 0.6 is 0 Å². The van der Waals surface area contributed by atoms with Crippen LogP contribution in [0.15, 0.2) is 36.7 Å². The van der Waals surface area contributed by atoms with Gasteiger partial charge in [0.15, 0.2) is 0 Å². The number of benzene rings is 1. The quantitative estimate of drug-likeness (QED) is 0.738. The third-order valence-corrected chi connectivity index (χ3v) is 5.67. The number of aliphatic hydroxyl groups is 1. The molecule has 4 rings (SSSR count). The number of nitrogens with one attached hydrogen (secondary N) is 1. The molecule has 1 fully saturated rings. The van der Waals surface area contributed by atoms with Crippen molar-refractivity contribution in [2.24, 2.45) is 5.92 Å².